The van der Waals surface area contributed by atoms with Crippen molar-refractivity contribution in [1.29, 1.82) is 0 Å². The lowest BCUT2D eigenvalue weighted by Crippen LogP contribution is -2.05. The molecule has 0 saturated carbocycles. The summed E-state index contributed by atoms with van der Waals surface area (Å²) >= 11 is 0. The van der Waals surface area contributed by atoms with Crippen LogP contribution in [-0.2, 0) is 17.9 Å². The fraction of sp³-hybridized carbons (Fsp3) is 0.185. The molecule has 0 unspecified atom stereocenters. The van der Waals surface area contributed by atoms with Gasteiger partial charge in [0.25, 0.3) is 0 Å². The number of hydrogen-bond acceptors (Lipinski definition) is 3. The van der Waals surface area contributed by atoms with Crippen LogP contribution in [0.1, 0.15) is 36.0 Å². The van der Waals surface area contributed by atoms with Gasteiger partial charge in [0.1, 0.15) is 18.2 Å². The van der Waals surface area contributed by atoms with Crippen LogP contribution in [0, 0.1) is 17.7 Å². The zero-order valence-corrected chi connectivity index (χ0v) is 18.2. The third-order valence-corrected chi connectivity index (χ3v) is 5.36. The molecule has 1 heterocycles. The number of aromatic nitrogens is 2. The first-order valence-corrected chi connectivity index (χ1v) is 10.6. The monoisotopic (exact) mass is 442 g/mol. The Morgan fingerprint density at radius 2 is 1.91 bits per heavy atom. The molecular formula is C27H23FN2O3. The van der Waals surface area contributed by atoms with Crippen molar-refractivity contribution in [3.63, 3.8) is 0 Å². The van der Waals surface area contributed by atoms with Gasteiger partial charge < -0.3 is 9.84 Å². The van der Waals surface area contributed by atoms with E-state index in [0.29, 0.717) is 17.9 Å². The molecule has 0 saturated heterocycles. The van der Waals surface area contributed by atoms with Gasteiger partial charge in [-0.05, 0) is 42.3 Å². The number of fused-ring (bicyclic) bond motifs is 1. The number of halogens is 1. The van der Waals surface area contributed by atoms with E-state index < -0.39 is 5.97 Å². The largest absolute Gasteiger partial charge is 0.489 e. The summed E-state index contributed by atoms with van der Waals surface area (Å²) in [4.78, 5) is 11.1. The molecule has 1 atom stereocenters. The number of aliphatic carboxylic acids is 1. The lowest BCUT2D eigenvalue weighted by molar-refractivity contribution is -0.137. The van der Waals surface area contributed by atoms with Gasteiger partial charge in [0.2, 0.25) is 0 Å². The number of ether oxygens (including phenoxy) is 1. The number of carboxylic acid groups (broad SMARTS) is 1. The predicted octanol–water partition coefficient (Wildman–Crippen LogP) is 5.38. The van der Waals surface area contributed by atoms with Crippen molar-refractivity contribution in [3.8, 4) is 17.6 Å². The quantitative estimate of drug-likeness (QED) is 0.372. The summed E-state index contributed by atoms with van der Waals surface area (Å²) in [5.41, 5.74) is 3.18. The summed E-state index contributed by atoms with van der Waals surface area (Å²) in [7, 11) is 0. The highest BCUT2D eigenvalue weighted by atomic mass is 19.1. The molecule has 0 bridgehead atoms. The summed E-state index contributed by atoms with van der Waals surface area (Å²) < 4.78 is 22.3. The summed E-state index contributed by atoms with van der Waals surface area (Å²) in [5, 5.41) is 14.2. The molecule has 33 heavy (non-hydrogen) atoms. The minimum atomic E-state index is -0.902. The topological polar surface area (TPSA) is 64.3 Å². The van der Waals surface area contributed by atoms with Crippen molar-refractivity contribution in [3.05, 3.63) is 95.4 Å². The molecule has 0 fully saturated rings. The highest BCUT2D eigenvalue weighted by Gasteiger charge is 2.14. The van der Waals surface area contributed by atoms with Gasteiger partial charge >= 0.3 is 5.97 Å². The maximum absolute atomic E-state index is 14.6. The minimum Gasteiger partial charge on any atom is -0.489 e. The van der Waals surface area contributed by atoms with E-state index in [1.807, 2.05) is 35.0 Å². The smallest absolute Gasteiger partial charge is 0.304 e. The Bertz CT molecular complexity index is 1320. The van der Waals surface area contributed by atoms with Crippen molar-refractivity contribution in [2.24, 2.45) is 0 Å². The van der Waals surface area contributed by atoms with Crippen LogP contribution in [0.3, 0.4) is 0 Å². The van der Waals surface area contributed by atoms with Gasteiger partial charge in [-0.2, -0.15) is 5.10 Å². The summed E-state index contributed by atoms with van der Waals surface area (Å²) in [5.74, 6) is 4.63. The molecule has 0 radical (unpaired) electrons. The number of benzene rings is 3. The van der Waals surface area contributed by atoms with Crippen molar-refractivity contribution in [1.82, 2.24) is 9.78 Å². The summed E-state index contributed by atoms with van der Waals surface area (Å²) in [6, 6.07) is 20.3. The van der Waals surface area contributed by atoms with E-state index in [9.17, 15) is 9.18 Å². The number of hydrogen-bond donors (Lipinski definition) is 1. The average molecular weight is 442 g/mol. The molecule has 0 aliphatic heterocycles. The van der Waals surface area contributed by atoms with Crippen molar-refractivity contribution in [2.75, 3.05) is 0 Å². The Labute approximate surface area is 191 Å². The molecule has 5 nitrogen and oxygen atoms in total. The molecule has 166 valence electrons. The summed E-state index contributed by atoms with van der Waals surface area (Å²) in [6.07, 6.45) is 1.60. The third-order valence-electron chi connectivity index (χ3n) is 5.36. The lowest BCUT2D eigenvalue weighted by Gasteiger charge is -2.11. The first-order chi connectivity index (χ1) is 16.0. The molecule has 1 aromatic heterocycles. The number of rotatable bonds is 8. The molecule has 0 amide bonds. The zero-order valence-electron chi connectivity index (χ0n) is 18.2. The maximum atomic E-state index is 14.6. The van der Waals surface area contributed by atoms with Crippen LogP contribution in [0.5, 0.6) is 5.75 Å². The SMILES string of the molecule is CC#C[C@@H](CC(=O)O)c1ccc(OCc2cc3c(cnn3Cc3ccccc3)cc2F)cc1. The van der Waals surface area contributed by atoms with Crippen LogP contribution in [-0.4, -0.2) is 20.9 Å². The molecule has 0 spiro atoms. The van der Waals surface area contributed by atoms with Crippen LogP contribution >= 0.6 is 0 Å². The van der Waals surface area contributed by atoms with E-state index in [4.69, 9.17) is 9.84 Å². The molecule has 1 N–H and O–H groups in total. The van der Waals surface area contributed by atoms with Crippen molar-refractivity contribution in [2.45, 2.75) is 32.4 Å². The Kier molecular flexibility index (Phi) is 6.70. The first kappa shape index (κ1) is 22.1. The van der Waals surface area contributed by atoms with Gasteiger partial charge in [0, 0.05) is 10.9 Å². The van der Waals surface area contributed by atoms with E-state index in [0.717, 1.165) is 22.0 Å². The average Bonchev–Trinajstić information content (AvgIpc) is 3.19. The van der Waals surface area contributed by atoms with Gasteiger partial charge in [-0.1, -0.05) is 48.4 Å². The van der Waals surface area contributed by atoms with E-state index in [2.05, 4.69) is 16.9 Å². The molecule has 4 rings (SSSR count). The van der Waals surface area contributed by atoms with Crippen LogP contribution < -0.4 is 4.74 Å². The van der Waals surface area contributed by atoms with E-state index in [1.165, 1.54) is 6.07 Å². The number of carbonyl (C=O) groups is 1. The van der Waals surface area contributed by atoms with Gasteiger partial charge in [-0.15, -0.1) is 5.92 Å². The maximum Gasteiger partial charge on any atom is 0.304 e. The Morgan fingerprint density at radius 1 is 1.15 bits per heavy atom. The van der Waals surface area contributed by atoms with Gasteiger partial charge in [0.05, 0.1) is 30.6 Å². The predicted molar refractivity (Wildman–Crippen MR) is 124 cm³/mol. The molecule has 0 aliphatic rings. The molecular weight excluding hydrogens is 419 g/mol. The number of carboxylic acids is 1. The fourth-order valence-corrected chi connectivity index (χ4v) is 3.69. The van der Waals surface area contributed by atoms with Crippen LogP contribution in [0.4, 0.5) is 4.39 Å². The molecule has 3 aromatic carbocycles. The number of nitrogens with zero attached hydrogens (tertiary/aromatic N) is 2. The summed E-state index contributed by atoms with van der Waals surface area (Å²) in [6.45, 7) is 2.34. The van der Waals surface area contributed by atoms with Gasteiger partial charge in [-0.3, -0.25) is 9.48 Å². The second-order valence-electron chi connectivity index (χ2n) is 7.69. The molecule has 0 aliphatic carbocycles. The Balaban J connectivity index is 1.49. The Hall–Kier alpha value is -4.11. The Morgan fingerprint density at radius 3 is 2.61 bits per heavy atom. The van der Waals surface area contributed by atoms with Gasteiger partial charge in [0.15, 0.2) is 0 Å². The normalized spacial score (nSPS) is 11.6. The van der Waals surface area contributed by atoms with Crippen molar-refractivity contribution >= 4 is 16.9 Å². The zero-order chi connectivity index (χ0) is 23.2. The van der Waals surface area contributed by atoms with E-state index in [-0.39, 0.29) is 24.8 Å². The third kappa shape index (κ3) is 5.39. The lowest BCUT2D eigenvalue weighted by atomic mass is 9.96. The first-order valence-electron chi connectivity index (χ1n) is 10.6. The van der Waals surface area contributed by atoms with Crippen LogP contribution in [0.2, 0.25) is 0 Å². The van der Waals surface area contributed by atoms with E-state index >= 15 is 0 Å². The van der Waals surface area contributed by atoms with Crippen LogP contribution in [0.15, 0.2) is 72.9 Å². The standard InChI is InChI=1S/C27H23FN2O3/c1-2-6-21(15-27(31)32)20-9-11-24(12-10-20)33-18-23-14-26-22(13-25(23)28)16-29-30(26)17-19-7-4-3-5-8-19/h3-5,7-14,16,21H,15,17-18H2,1H3,(H,31,32)/t21-/m0/s1. The highest BCUT2D eigenvalue weighted by molar-refractivity contribution is 5.79. The van der Waals surface area contributed by atoms with Crippen molar-refractivity contribution < 1.29 is 19.0 Å². The molecule has 4 aromatic rings. The molecule has 6 heteroatoms. The minimum absolute atomic E-state index is 0.0605. The second kappa shape index (κ2) is 10.0. The second-order valence-corrected chi connectivity index (χ2v) is 7.69. The highest BCUT2D eigenvalue weighted by Crippen LogP contribution is 2.24. The van der Waals surface area contributed by atoms with E-state index in [1.54, 1.807) is 43.5 Å². The van der Waals surface area contributed by atoms with Gasteiger partial charge in [-0.25, -0.2) is 4.39 Å². The van der Waals surface area contributed by atoms with Crippen LogP contribution in [0.25, 0.3) is 10.9 Å². The fourth-order valence-electron chi connectivity index (χ4n) is 3.69.